The number of unbranched alkanes of at least 4 members (excludes halogenated alkanes) is 8. The van der Waals surface area contributed by atoms with E-state index in [0.717, 1.165) is 70.6 Å². The number of hydrogen-bond acceptors (Lipinski definition) is 6. The molecule has 2 amide bonds. The van der Waals surface area contributed by atoms with Crippen molar-refractivity contribution in [3.8, 4) is 0 Å². The van der Waals surface area contributed by atoms with E-state index in [1.165, 1.54) is 14.2 Å². The van der Waals surface area contributed by atoms with Crippen molar-refractivity contribution in [2.24, 2.45) is 11.8 Å². The van der Waals surface area contributed by atoms with E-state index in [9.17, 15) is 19.2 Å². The van der Waals surface area contributed by atoms with Gasteiger partial charge in [-0.15, -0.1) is 0 Å². The highest BCUT2D eigenvalue weighted by atomic mass is 16.5. The number of rotatable bonds is 20. The highest BCUT2D eigenvalue weighted by molar-refractivity contribution is 5.85. The second-order valence-corrected chi connectivity index (χ2v) is 8.37. The third kappa shape index (κ3) is 17.5. The van der Waals surface area contributed by atoms with Gasteiger partial charge >= 0.3 is 11.9 Å². The van der Waals surface area contributed by atoms with Gasteiger partial charge in [-0.1, -0.05) is 57.6 Å². The molecule has 32 heavy (non-hydrogen) atoms. The number of allylic oxidation sites excluding steroid dienone is 2. The minimum Gasteiger partial charge on any atom is -0.469 e. The Morgan fingerprint density at radius 3 is 1.91 bits per heavy atom. The minimum atomic E-state index is -0.237. The first-order valence-corrected chi connectivity index (χ1v) is 12.0. The van der Waals surface area contributed by atoms with Crippen molar-refractivity contribution >= 4 is 24.3 Å². The summed E-state index contributed by atoms with van der Waals surface area (Å²) in [7, 11) is 2.83. The fraction of sp³-hybridized carbons (Fsp3) is 0.760. The van der Waals surface area contributed by atoms with E-state index in [2.05, 4.69) is 33.9 Å². The van der Waals surface area contributed by atoms with Gasteiger partial charge in [-0.2, -0.15) is 0 Å². The van der Waals surface area contributed by atoms with E-state index in [0.29, 0.717) is 31.6 Å². The first-order chi connectivity index (χ1) is 15.4. The largest absolute Gasteiger partial charge is 0.469 e. The smallest absolute Gasteiger partial charge is 0.305 e. The normalized spacial score (nSPS) is 12.8. The third-order valence-electron chi connectivity index (χ3n) is 5.72. The van der Waals surface area contributed by atoms with E-state index in [4.69, 9.17) is 0 Å². The van der Waals surface area contributed by atoms with Gasteiger partial charge in [0.25, 0.3) is 0 Å². The van der Waals surface area contributed by atoms with Gasteiger partial charge in [0.2, 0.25) is 12.3 Å². The standard InChI is InChI=1S/C25H43NO6/c1-21(19-23(28)26-20-27)22(16-12-8-6-10-14-18-25(30)32-3)15-11-7-4-5-9-13-17-24(29)31-2/h11,15,20-22H,4-10,12-14,16-19H2,1-3H3,(H,26,27,28)/b15-11+. The molecular formula is C25H43NO6. The van der Waals surface area contributed by atoms with Crippen LogP contribution in [0, 0.1) is 11.8 Å². The predicted octanol–water partition coefficient (Wildman–Crippen LogP) is 4.87. The molecule has 0 aliphatic heterocycles. The van der Waals surface area contributed by atoms with Gasteiger partial charge in [0.15, 0.2) is 0 Å². The summed E-state index contributed by atoms with van der Waals surface area (Å²) >= 11 is 0. The molecule has 1 N–H and O–H groups in total. The molecule has 0 radical (unpaired) electrons. The zero-order valence-electron chi connectivity index (χ0n) is 20.2. The van der Waals surface area contributed by atoms with Gasteiger partial charge in [-0.05, 0) is 43.9 Å². The Morgan fingerprint density at radius 2 is 1.34 bits per heavy atom. The summed E-state index contributed by atoms with van der Waals surface area (Å²) in [5.41, 5.74) is 0. The van der Waals surface area contributed by atoms with E-state index < -0.39 is 0 Å². The Labute approximate surface area is 193 Å². The average Bonchev–Trinajstić information content (AvgIpc) is 2.78. The lowest BCUT2D eigenvalue weighted by molar-refractivity contribution is -0.141. The van der Waals surface area contributed by atoms with Crippen LogP contribution in [0.4, 0.5) is 0 Å². The van der Waals surface area contributed by atoms with Gasteiger partial charge in [0.1, 0.15) is 0 Å². The molecule has 0 aromatic heterocycles. The van der Waals surface area contributed by atoms with E-state index in [1.54, 1.807) is 0 Å². The average molecular weight is 454 g/mol. The highest BCUT2D eigenvalue weighted by Crippen LogP contribution is 2.24. The maximum atomic E-state index is 11.8. The molecule has 0 saturated carbocycles. The summed E-state index contributed by atoms with van der Waals surface area (Å²) in [5, 5.41) is 2.23. The molecule has 0 spiro atoms. The van der Waals surface area contributed by atoms with Crippen molar-refractivity contribution in [2.45, 2.75) is 96.8 Å². The monoisotopic (exact) mass is 453 g/mol. The number of carbonyl (C=O) groups is 4. The van der Waals surface area contributed by atoms with Gasteiger partial charge in [0, 0.05) is 19.3 Å². The third-order valence-corrected chi connectivity index (χ3v) is 5.72. The molecule has 7 nitrogen and oxygen atoms in total. The summed E-state index contributed by atoms with van der Waals surface area (Å²) in [6.45, 7) is 2.06. The number of imide groups is 1. The van der Waals surface area contributed by atoms with Crippen LogP contribution in [-0.2, 0) is 28.7 Å². The van der Waals surface area contributed by atoms with Gasteiger partial charge in [-0.3, -0.25) is 24.5 Å². The molecule has 0 heterocycles. The number of carbonyl (C=O) groups excluding carboxylic acids is 4. The van der Waals surface area contributed by atoms with Crippen molar-refractivity contribution in [3.63, 3.8) is 0 Å². The maximum absolute atomic E-state index is 11.8. The van der Waals surface area contributed by atoms with Crippen LogP contribution in [-0.4, -0.2) is 38.5 Å². The number of ether oxygens (including phenoxy) is 2. The highest BCUT2D eigenvalue weighted by Gasteiger charge is 2.17. The molecule has 0 rings (SSSR count). The Kier molecular flexibility index (Phi) is 19.3. The Balaban J connectivity index is 4.29. The molecule has 0 saturated heterocycles. The molecule has 0 aliphatic rings. The maximum Gasteiger partial charge on any atom is 0.305 e. The van der Waals surface area contributed by atoms with Crippen molar-refractivity contribution in [2.75, 3.05) is 14.2 Å². The molecule has 0 aromatic carbocycles. The topological polar surface area (TPSA) is 98.8 Å². The van der Waals surface area contributed by atoms with Crippen molar-refractivity contribution in [3.05, 3.63) is 12.2 Å². The van der Waals surface area contributed by atoms with Crippen molar-refractivity contribution in [1.82, 2.24) is 5.32 Å². The van der Waals surface area contributed by atoms with Crippen LogP contribution in [0.1, 0.15) is 96.8 Å². The summed E-state index contributed by atoms with van der Waals surface area (Å²) in [6.07, 6.45) is 17.3. The molecule has 0 bridgehead atoms. The van der Waals surface area contributed by atoms with Gasteiger partial charge in [0.05, 0.1) is 14.2 Å². The fourth-order valence-corrected chi connectivity index (χ4v) is 3.68. The van der Waals surface area contributed by atoms with Crippen LogP contribution in [0.3, 0.4) is 0 Å². The number of methoxy groups -OCH3 is 2. The zero-order chi connectivity index (χ0) is 24.0. The summed E-state index contributed by atoms with van der Waals surface area (Å²) < 4.78 is 9.30. The van der Waals surface area contributed by atoms with Crippen LogP contribution >= 0.6 is 0 Å². The number of amides is 2. The van der Waals surface area contributed by atoms with Gasteiger partial charge in [-0.25, -0.2) is 0 Å². The molecule has 7 heteroatoms. The zero-order valence-corrected chi connectivity index (χ0v) is 20.2. The Bertz CT molecular complexity index is 561. The second-order valence-electron chi connectivity index (χ2n) is 8.37. The molecular weight excluding hydrogens is 410 g/mol. The second kappa shape index (κ2) is 20.7. The Hall–Kier alpha value is -2.18. The van der Waals surface area contributed by atoms with E-state index in [-0.39, 0.29) is 23.8 Å². The summed E-state index contributed by atoms with van der Waals surface area (Å²) in [4.78, 5) is 44.5. The van der Waals surface area contributed by atoms with Crippen LogP contribution in [0.15, 0.2) is 12.2 Å². The summed E-state index contributed by atoms with van der Waals surface area (Å²) in [6, 6.07) is 0. The SMILES string of the molecule is COC(=O)CCCCCC/C=C/C(CCCCCCCC(=O)OC)C(C)CC(=O)NC=O. The lowest BCUT2D eigenvalue weighted by Crippen LogP contribution is -2.25. The number of nitrogens with one attached hydrogen (secondary N) is 1. The van der Waals surface area contributed by atoms with Crippen LogP contribution < -0.4 is 5.32 Å². The fourth-order valence-electron chi connectivity index (χ4n) is 3.68. The van der Waals surface area contributed by atoms with E-state index >= 15 is 0 Å². The van der Waals surface area contributed by atoms with Crippen LogP contribution in [0.5, 0.6) is 0 Å². The van der Waals surface area contributed by atoms with Gasteiger partial charge < -0.3 is 9.47 Å². The molecule has 2 unspecified atom stereocenters. The van der Waals surface area contributed by atoms with Crippen molar-refractivity contribution < 1.29 is 28.7 Å². The summed E-state index contributed by atoms with van der Waals surface area (Å²) in [5.74, 6) is -0.0865. The lowest BCUT2D eigenvalue weighted by atomic mass is 9.85. The molecule has 0 fully saturated rings. The minimum absolute atomic E-state index is 0.149. The molecule has 184 valence electrons. The lowest BCUT2D eigenvalue weighted by Gasteiger charge is -2.20. The molecule has 2 atom stereocenters. The van der Waals surface area contributed by atoms with Crippen molar-refractivity contribution in [1.29, 1.82) is 0 Å². The first kappa shape index (κ1) is 29.8. The number of hydrogen-bond donors (Lipinski definition) is 1. The van der Waals surface area contributed by atoms with E-state index in [1.807, 2.05) is 0 Å². The quantitative estimate of drug-likeness (QED) is 0.122. The first-order valence-electron chi connectivity index (χ1n) is 12.0. The Morgan fingerprint density at radius 1 is 0.812 bits per heavy atom. The van der Waals surface area contributed by atoms with Crippen LogP contribution in [0.25, 0.3) is 0 Å². The molecule has 0 aliphatic carbocycles. The van der Waals surface area contributed by atoms with Crippen LogP contribution in [0.2, 0.25) is 0 Å². The molecule has 0 aromatic rings. The number of esters is 2. The predicted molar refractivity (Wildman–Crippen MR) is 125 cm³/mol.